The Hall–Kier alpha value is -2.04. The Morgan fingerprint density at radius 2 is 2.00 bits per heavy atom. The summed E-state index contributed by atoms with van der Waals surface area (Å²) in [6.07, 6.45) is 1.39. The molecule has 0 aliphatic rings. The normalized spacial score (nSPS) is 13.2. The SMILES string of the molecule is NC(=O)c1ccccc1C(C=CC(=O)O)[P+](=O)CO. The number of aliphatic hydroxyl groups excluding tert-OH is 1. The molecule has 2 unspecified atom stereocenters. The molecule has 1 amide bonds. The third-order valence-electron chi connectivity index (χ3n) is 2.42. The van der Waals surface area contributed by atoms with Crippen LogP contribution in [0.4, 0.5) is 0 Å². The van der Waals surface area contributed by atoms with Crippen molar-refractivity contribution >= 4 is 19.7 Å². The highest BCUT2D eigenvalue weighted by atomic mass is 31.1. The number of hydrogen-bond donors (Lipinski definition) is 3. The average molecular weight is 282 g/mol. The molecule has 0 aliphatic carbocycles. The largest absolute Gasteiger partial charge is 0.478 e. The summed E-state index contributed by atoms with van der Waals surface area (Å²) >= 11 is 0. The van der Waals surface area contributed by atoms with E-state index in [1.54, 1.807) is 12.1 Å². The Balaban J connectivity index is 3.29. The predicted molar refractivity (Wildman–Crippen MR) is 69.2 cm³/mol. The fraction of sp³-hybridized carbons (Fsp3) is 0.167. The molecule has 0 fully saturated rings. The molecule has 0 saturated heterocycles. The van der Waals surface area contributed by atoms with Crippen molar-refractivity contribution in [1.82, 2.24) is 0 Å². The Morgan fingerprint density at radius 3 is 2.53 bits per heavy atom. The minimum Gasteiger partial charge on any atom is -0.478 e. The number of carbonyl (C=O) groups is 2. The van der Waals surface area contributed by atoms with Gasteiger partial charge in [-0.15, -0.1) is 0 Å². The fourth-order valence-corrected chi connectivity index (χ4v) is 2.58. The van der Waals surface area contributed by atoms with E-state index in [4.69, 9.17) is 15.9 Å². The Bertz CT molecular complexity index is 541. The van der Waals surface area contributed by atoms with Crippen LogP contribution in [0.3, 0.4) is 0 Å². The van der Waals surface area contributed by atoms with Gasteiger partial charge in [0.05, 0.1) is 0 Å². The van der Waals surface area contributed by atoms with Gasteiger partial charge in [0.2, 0.25) is 17.9 Å². The minimum absolute atomic E-state index is 0.152. The van der Waals surface area contributed by atoms with Crippen LogP contribution < -0.4 is 5.73 Å². The first-order valence-electron chi connectivity index (χ1n) is 5.32. The summed E-state index contributed by atoms with van der Waals surface area (Å²) in [5, 5.41) is 17.6. The van der Waals surface area contributed by atoms with Crippen LogP contribution in [-0.4, -0.2) is 28.4 Å². The lowest BCUT2D eigenvalue weighted by molar-refractivity contribution is -0.131. The molecule has 1 aromatic carbocycles. The molecule has 0 spiro atoms. The number of aliphatic hydroxyl groups is 1. The lowest BCUT2D eigenvalue weighted by Crippen LogP contribution is -2.14. The van der Waals surface area contributed by atoms with E-state index >= 15 is 0 Å². The smallest absolute Gasteiger partial charge is 0.378 e. The number of benzene rings is 1. The molecule has 7 heteroatoms. The first kappa shape index (κ1) is 15.0. The maximum atomic E-state index is 11.8. The number of carboxylic acid groups (broad SMARTS) is 1. The topological polar surface area (TPSA) is 118 Å². The van der Waals surface area contributed by atoms with Crippen LogP contribution in [0.15, 0.2) is 36.4 Å². The lowest BCUT2D eigenvalue weighted by Gasteiger charge is -2.07. The number of amides is 1. The summed E-state index contributed by atoms with van der Waals surface area (Å²) in [7, 11) is -2.14. The van der Waals surface area contributed by atoms with Gasteiger partial charge in [-0.1, -0.05) is 22.8 Å². The highest BCUT2D eigenvalue weighted by molar-refractivity contribution is 7.45. The summed E-state index contributed by atoms with van der Waals surface area (Å²) in [5.41, 5.74) is 4.83. The van der Waals surface area contributed by atoms with Crippen molar-refractivity contribution < 1.29 is 24.4 Å². The summed E-state index contributed by atoms with van der Waals surface area (Å²) in [5.74, 6) is -1.91. The van der Waals surface area contributed by atoms with E-state index in [1.165, 1.54) is 18.2 Å². The quantitative estimate of drug-likeness (QED) is 0.536. The van der Waals surface area contributed by atoms with Crippen LogP contribution >= 0.6 is 7.80 Å². The highest BCUT2D eigenvalue weighted by Crippen LogP contribution is 2.42. The molecular formula is C12H13NO5P+. The highest BCUT2D eigenvalue weighted by Gasteiger charge is 2.31. The van der Waals surface area contributed by atoms with E-state index in [0.29, 0.717) is 5.56 Å². The van der Waals surface area contributed by atoms with Gasteiger partial charge in [-0.2, -0.15) is 0 Å². The number of allylic oxidation sites excluding steroid dienone is 1. The van der Waals surface area contributed by atoms with Gasteiger partial charge in [-0.25, -0.2) is 4.79 Å². The Kier molecular flexibility index (Phi) is 5.36. The third-order valence-corrected chi connectivity index (χ3v) is 3.77. The molecule has 100 valence electrons. The van der Waals surface area contributed by atoms with Crippen molar-refractivity contribution in [2.75, 3.05) is 6.35 Å². The number of carbonyl (C=O) groups excluding carboxylic acids is 1. The maximum Gasteiger partial charge on any atom is 0.378 e. The monoisotopic (exact) mass is 282 g/mol. The van der Waals surface area contributed by atoms with E-state index in [-0.39, 0.29) is 5.56 Å². The van der Waals surface area contributed by atoms with Gasteiger partial charge in [0, 0.05) is 17.2 Å². The first-order chi connectivity index (χ1) is 8.97. The number of primary amides is 1. The second-order valence-electron chi connectivity index (χ2n) is 3.65. The number of rotatable bonds is 6. The average Bonchev–Trinajstić information content (AvgIpc) is 2.38. The number of nitrogens with two attached hydrogens (primary N) is 1. The van der Waals surface area contributed by atoms with Gasteiger partial charge in [0.25, 0.3) is 0 Å². The summed E-state index contributed by atoms with van der Waals surface area (Å²) in [6, 6.07) is 6.19. The van der Waals surface area contributed by atoms with Crippen LogP contribution in [0.5, 0.6) is 0 Å². The zero-order chi connectivity index (χ0) is 14.4. The molecule has 19 heavy (non-hydrogen) atoms. The Labute approximate surface area is 110 Å². The second kappa shape index (κ2) is 6.78. The second-order valence-corrected chi connectivity index (χ2v) is 5.33. The van der Waals surface area contributed by atoms with Crippen LogP contribution in [0.2, 0.25) is 0 Å². The van der Waals surface area contributed by atoms with Gasteiger partial charge >= 0.3 is 13.8 Å². The van der Waals surface area contributed by atoms with Crippen molar-refractivity contribution in [2.45, 2.75) is 5.66 Å². The van der Waals surface area contributed by atoms with E-state index in [0.717, 1.165) is 6.08 Å². The van der Waals surface area contributed by atoms with Crippen LogP contribution in [0, 0.1) is 0 Å². The standard InChI is InChI=1S/C12H12NO5P/c13-12(17)9-4-2-1-3-8(9)10(19(18)7-14)5-6-11(15)16/h1-6,10,14H,7H2,(H2-,13,15,16,17)/p+1. The molecule has 6 nitrogen and oxygen atoms in total. The van der Waals surface area contributed by atoms with Crippen molar-refractivity contribution in [3.8, 4) is 0 Å². The van der Waals surface area contributed by atoms with E-state index in [1.807, 2.05) is 0 Å². The maximum absolute atomic E-state index is 11.8. The van der Waals surface area contributed by atoms with E-state index in [9.17, 15) is 14.2 Å². The molecular weight excluding hydrogens is 269 g/mol. The molecule has 0 radical (unpaired) electrons. The van der Waals surface area contributed by atoms with Gasteiger partial charge in [-0.05, 0) is 12.1 Å². The van der Waals surface area contributed by atoms with E-state index < -0.39 is 31.7 Å². The van der Waals surface area contributed by atoms with Crippen LogP contribution in [-0.2, 0) is 9.36 Å². The predicted octanol–water partition coefficient (Wildman–Crippen LogP) is 1.24. The fourth-order valence-electron chi connectivity index (χ4n) is 1.60. The number of carboxylic acids is 1. The van der Waals surface area contributed by atoms with Crippen molar-refractivity contribution in [1.29, 1.82) is 0 Å². The molecule has 1 aromatic rings. The zero-order valence-corrected chi connectivity index (χ0v) is 10.8. The molecule has 0 aromatic heterocycles. The van der Waals surface area contributed by atoms with Gasteiger partial charge < -0.3 is 15.9 Å². The van der Waals surface area contributed by atoms with Crippen molar-refractivity contribution in [3.05, 3.63) is 47.5 Å². The van der Waals surface area contributed by atoms with Crippen molar-refractivity contribution in [2.24, 2.45) is 5.73 Å². The van der Waals surface area contributed by atoms with Crippen LogP contribution in [0.1, 0.15) is 21.6 Å². The summed E-state index contributed by atoms with van der Waals surface area (Å²) in [6.45, 7) is 0. The Morgan fingerprint density at radius 1 is 1.37 bits per heavy atom. The first-order valence-corrected chi connectivity index (χ1v) is 6.83. The zero-order valence-electron chi connectivity index (χ0n) is 9.89. The lowest BCUT2D eigenvalue weighted by atomic mass is 10.0. The van der Waals surface area contributed by atoms with E-state index in [2.05, 4.69) is 0 Å². The molecule has 0 heterocycles. The number of aliphatic carboxylic acids is 1. The molecule has 1 rings (SSSR count). The molecule has 0 saturated carbocycles. The van der Waals surface area contributed by atoms with Gasteiger partial charge in [0.1, 0.15) is 0 Å². The third kappa shape index (κ3) is 3.98. The van der Waals surface area contributed by atoms with Crippen molar-refractivity contribution in [3.63, 3.8) is 0 Å². The molecule has 0 aliphatic heterocycles. The minimum atomic E-state index is -2.14. The summed E-state index contributed by atoms with van der Waals surface area (Å²) in [4.78, 5) is 21.8. The van der Waals surface area contributed by atoms with Gasteiger partial charge in [0.15, 0.2) is 0 Å². The van der Waals surface area contributed by atoms with Gasteiger partial charge in [-0.3, -0.25) is 4.79 Å². The summed E-state index contributed by atoms with van der Waals surface area (Å²) < 4.78 is 11.8. The molecule has 0 bridgehead atoms. The number of hydrogen-bond acceptors (Lipinski definition) is 4. The molecule has 4 N–H and O–H groups in total. The molecule has 2 atom stereocenters. The van der Waals surface area contributed by atoms with Crippen LogP contribution in [0.25, 0.3) is 0 Å².